The topological polar surface area (TPSA) is 44.4 Å². The van der Waals surface area contributed by atoms with Crippen molar-refractivity contribution in [3.05, 3.63) is 28.2 Å². The van der Waals surface area contributed by atoms with Crippen LogP contribution in [0.2, 0.25) is 0 Å². The number of nitrogens with one attached hydrogen (secondary N) is 2. The highest BCUT2D eigenvalue weighted by Gasteiger charge is 2.31. The Labute approximate surface area is 134 Å². The van der Waals surface area contributed by atoms with E-state index in [1.54, 1.807) is 7.05 Å². The normalized spacial score (nSPS) is 21.6. The van der Waals surface area contributed by atoms with Crippen LogP contribution in [0.25, 0.3) is 0 Å². The summed E-state index contributed by atoms with van der Waals surface area (Å²) < 4.78 is 1.07. The van der Waals surface area contributed by atoms with Gasteiger partial charge in [-0.1, -0.05) is 22.0 Å². The summed E-state index contributed by atoms with van der Waals surface area (Å²) >= 11 is 3.56. The minimum Gasteiger partial charge on any atom is -0.359 e. The van der Waals surface area contributed by atoms with Gasteiger partial charge in [0.2, 0.25) is 5.91 Å². The first-order chi connectivity index (χ1) is 10.2. The molecule has 2 aliphatic rings. The van der Waals surface area contributed by atoms with E-state index >= 15 is 0 Å². The molecule has 5 heteroatoms. The molecular formula is C16H22BrN3O. The summed E-state index contributed by atoms with van der Waals surface area (Å²) in [5.74, 6) is 0.119. The first-order valence-electron chi connectivity index (χ1n) is 7.69. The zero-order chi connectivity index (χ0) is 14.8. The third-order valence-corrected chi connectivity index (χ3v) is 4.81. The first-order valence-corrected chi connectivity index (χ1v) is 8.48. The summed E-state index contributed by atoms with van der Waals surface area (Å²) in [5, 5.41) is 6.36. The molecule has 21 heavy (non-hydrogen) atoms. The van der Waals surface area contributed by atoms with E-state index < -0.39 is 0 Å². The van der Waals surface area contributed by atoms with Crippen molar-refractivity contribution in [3.8, 4) is 0 Å². The van der Waals surface area contributed by atoms with Crippen LogP contribution in [0.5, 0.6) is 0 Å². The molecule has 1 saturated heterocycles. The number of carbonyl (C=O) groups is 1. The van der Waals surface area contributed by atoms with Gasteiger partial charge in [0.05, 0.1) is 0 Å². The molecule has 1 amide bonds. The van der Waals surface area contributed by atoms with E-state index in [0.29, 0.717) is 6.04 Å². The summed E-state index contributed by atoms with van der Waals surface area (Å²) in [6, 6.07) is 7.04. The standard InChI is InChI=1S/C16H22BrN3O/c1-18-16(21)14-3-2-8-20(14)15-9-12(17)5-4-11(15)10-19-13-6-7-13/h4-5,9,13-14,19H,2-3,6-8,10H2,1H3,(H,18,21). The molecule has 3 rings (SSSR count). The van der Waals surface area contributed by atoms with Crippen LogP contribution in [0.3, 0.4) is 0 Å². The molecule has 4 nitrogen and oxygen atoms in total. The number of hydrogen-bond acceptors (Lipinski definition) is 3. The Kier molecular flexibility index (Phi) is 4.50. The highest BCUT2D eigenvalue weighted by molar-refractivity contribution is 9.10. The Bertz CT molecular complexity index is 530. The number of benzene rings is 1. The monoisotopic (exact) mass is 351 g/mol. The van der Waals surface area contributed by atoms with Gasteiger partial charge >= 0.3 is 0 Å². The van der Waals surface area contributed by atoms with E-state index in [0.717, 1.165) is 30.4 Å². The largest absolute Gasteiger partial charge is 0.359 e. The van der Waals surface area contributed by atoms with Crippen LogP contribution < -0.4 is 15.5 Å². The van der Waals surface area contributed by atoms with Gasteiger partial charge in [-0.2, -0.15) is 0 Å². The summed E-state index contributed by atoms with van der Waals surface area (Å²) in [6.45, 7) is 1.83. The van der Waals surface area contributed by atoms with E-state index in [9.17, 15) is 4.79 Å². The molecule has 0 aromatic heterocycles. The molecule has 1 aliphatic carbocycles. The van der Waals surface area contributed by atoms with Crippen molar-refractivity contribution in [1.29, 1.82) is 0 Å². The third kappa shape index (κ3) is 3.40. The van der Waals surface area contributed by atoms with Crippen LogP contribution in [0.4, 0.5) is 5.69 Å². The van der Waals surface area contributed by atoms with Crippen LogP contribution in [0.1, 0.15) is 31.2 Å². The summed E-state index contributed by atoms with van der Waals surface area (Å²) in [5.41, 5.74) is 2.46. The number of halogens is 1. The lowest BCUT2D eigenvalue weighted by molar-refractivity contribution is -0.121. The molecule has 1 atom stereocenters. The van der Waals surface area contributed by atoms with Gasteiger partial charge in [0.15, 0.2) is 0 Å². The maximum atomic E-state index is 12.1. The van der Waals surface area contributed by atoms with E-state index in [4.69, 9.17) is 0 Å². The summed E-state index contributed by atoms with van der Waals surface area (Å²) in [6.07, 6.45) is 4.58. The van der Waals surface area contributed by atoms with E-state index in [-0.39, 0.29) is 11.9 Å². The van der Waals surface area contributed by atoms with Crippen LogP contribution >= 0.6 is 15.9 Å². The minimum atomic E-state index is -0.0380. The second-order valence-corrected chi connectivity index (χ2v) is 6.81. The van der Waals surface area contributed by atoms with Gasteiger partial charge < -0.3 is 15.5 Å². The Hall–Kier alpha value is -1.07. The van der Waals surface area contributed by atoms with Crippen molar-refractivity contribution in [2.24, 2.45) is 0 Å². The molecule has 1 saturated carbocycles. The van der Waals surface area contributed by atoms with E-state index in [2.05, 4.69) is 49.7 Å². The van der Waals surface area contributed by atoms with Crippen molar-refractivity contribution in [2.75, 3.05) is 18.5 Å². The molecule has 1 aliphatic heterocycles. The Balaban J connectivity index is 1.84. The maximum absolute atomic E-state index is 12.1. The number of amides is 1. The van der Waals surface area contributed by atoms with Gasteiger partial charge in [0, 0.05) is 36.3 Å². The lowest BCUT2D eigenvalue weighted by Gasteiger charge is -2.28. The zero-order valence-electron chi connectivity index (χ0n) is 12.4. The molecule has 2 fully saturated rings. The number of nitrogens with zero attached hydrogens (tertiary/aromatic N) is 1. The average Bonchev–Trinajstić information content (AvgIpc) is 3.19. The fourth-order valence-electron chi connectivity index (χ4n) is 2.99. The van der Waals surface area contributed by atoms with E-state index in [1.165, 1.54) is 24.1 Å². The summed E-state index contributed by atoms with van der Waals surface area (Å²) in [7, 11) is 1.72. The fourth-order valence-corrected chi connectivity index (χ4v) is 3.34. The molecular weight excluding hydrogens is 330 g/mol. The number of anilines is 1. The Morgan fingerprint density at radius 3 is 2.90 bits per heavy atom. The van der Waals surface area contributed by atoms with Gasteiger partial charge in [-0.15, -0.1) is 0 Å². The Morgan fingerprint density at radius 1 is 1.38 bits per heavy atom. The lowest BCUT2D eigenvalue weighted by Crippen LogP contribution is -2.42. The highest BCUT2D eigenvalue weighted by Crippen LogP contribution is 2.32. The number of hydrogen-bond donors (Lipinski definition) is 2. The van der Waals surface area contributed by atoms with E-state index in [1.807, 2.05) is 0 Å². The van der Waals surface area contributed by atoms with Crippen LogP contribution in [0.15, 0.2) is 22.7 Å². The summed E-state index contributed by atoms with van der Waals surface area (Å²) in [4.78, 5) is 14.3. The predicted octanol–water partition coefficient (Wildman–Crippen LogP) is 2.42. The molecule has 1 unspecified atom stereocenters. The van der Waals surface area contributed by atoms with Crippen LogP contribution in [-0.4, -0.2) is 31.6 Å². The molecule has 1 heterocycles. The smallest absolute Gasteiger partial charge is 0.242 e. The molecule has 0 spiro atoms. The predicted molar refractivity (Wildman–Crippen MR) is 88.4 cm³/mol. The van der Waals surface area contributed by atoms with Crippen molar-refractivity contribution in [3.63, 3.8) is 0 Å². The number of likely N-dealkylation sites (N-methyl/N-ethyl adjacent to an activating group) is 1. The zero-order valence-corrected chi connectivity index (χ0v) is 13.9. The molecule has 1 aromatic rings. The van der Waals surface area contributed by atoms with Crippen LogP contribution in [-0.2, 0) is 11.3 Å². The van der Waals surface area contributed by atoms with Gasteiger partial charge in [-0.3, -0.25) is 4.79 Å². The van der Waals surface area contributed by atoms with Gasteiger partial charge in [-0.05, 0) is 43.4 Å². The van der Waals surface area contributed by atoms with Crippen LogP contribution in [0, 0.1) is 0 Å². The van der Waals surface area contributed by atoms with Gasteiger partial charge in [0.1, 0.15) is 6.04 Å². The van der Waals surface area contributed by atoms with Gasteiger partial charge in [0.25, 0.3) is 0 Å². The fraction of sp³-hybridized carbons (Fsp3) is 0.562. The molecule has 0 radical (unpaired) electrons. The van der Waals surface area contributed by atoms with Crippen molar-refractivity contribution < 1.29 is 4.79 Å². The maximum Gasteiger partial charge on any atom is 0.242 e. The molecule has 114 valence electrons. The highest BCUT2D eigenvalue weighted by atomic mass is 79.9. The lowest BCUT2D eigenvalue weighted by atomic mass is 10.1. The molecule has 2 N–H and O–H groups in total. The van der Waals surface area contributed by atoms with Crippen molar-refractivity contribution >= 4 is 27.5 Å². The third-order valence-electron chi connectivity index (χ3n) is 4.32. The van der Waals surface area contributed by atoms with Gasteiger partial charge in [-0.25, -0.2) is 0 Å². The van der Waals surface area contributed by atoms with Crippen molar-refractivity contribution in [2.45, 2.75) is 44.3 Å². The Morgan fingerprint density at radius 2 is 2.19 bits per heavy atom. The minimum absolute atomic E-state index is 0.0380. The number of rotatable bonds is 5. The molecule has 1 aromatic carbocycles. The molecule has 0 bridgehead atoms. The number of carbonyl (C=O) groups excluding carboxylic acids is 1. The SMILES string of the molecule is CNC(=O)C1CCCN1c1cc(Br)ccc1CNC1CC1. The first kappa shape index (κ1) is 14.9. The van der Waals surface area contributed by atoms with Crippen molar-refractivity contribution in [1.82, 2.24) is 10.6 Å². The second kappa shape index (κ2) is 6.36. The second-order valence-electron chi connectivity index (χ2n) is 5.89. The average molecular weight is 352 g/mol. The quantitative estimate of drug-likeness (QED) is 0.856.